The van der Waals surface area contributed by atoms with Gasteiger partial charge in [0.05, 0.1) is 0 Å². The Morgan fingerprint density at radius 2 is 1.50 bits per heavy atom. The van der Waals surface area contributed by atoms with Crippen molar-refractivity contribution in [2.24, 2.45) is 0 Å². The van der Waals surface area contributed by atoms with Crippen molar-refractivity contribution in [2.75, 3.05) is 0 Å². The van der Waals surface area contributed by atoms with Crippen LogP contribution in [0, 0.1) is 0 Å². The van der Waals surface area contributed by atoms with Crippen LogP contribution in [0.2, 0.25) is 0 Å². The van der Waals surface area contributed by atoms with Crippen molar-refractivity contribution in [1.29, 1.82) is 0 Å². The molecule has 0 radical (unpaired) electrons. The molecule has 0 saturated carbocycles. The van der Waals surface area contributed by atoms with E-state index in [4.69, 9.17) is 0 Å². The van der Waals surface area contributed by atoms with Crippen LogP contribution >= 0.6 is 0 Å². The highest BCUT2D eigenvalue weighted by Gasteiger charge is 2.24. The Balaban J connectivity index is 2.23. The molecule has 2 aromatic carbocycles. The van der Waals surface area contributed by atoms with Crippen molar-refractivity contribution >= 4 is 22.9 Å². The van der Waals surface area contributed by atoms with E-state index < -0.39 is 0 Å². The Hall–Kier alpha value is -1.82. The van der Waals surface area contributed by atoms with Gasteiger partial charge >= 0.3 is 0 Å². The van der Waals surface area contributed by atoms with Gasteiger partial charge in [-0.1, -0.05) is 57.2 Å². The fraction of sp³-hybridized carbons (Fsp3) is 0.300. The Bertz CT molecular complexity index is 780. The lowest BCUT2D eigenvalue weighted by atomic mass is 9.76. The van der Waals surface area contributed by atoms with Gasteiger partial charge in [-0.05, 0) is 62.9 Å². The smallest absolute Gasteiger partial charge is 0.00644 e. The first-order valence-electron chi connectivity index (χ1n) is 7.51. The lowest BCUT2D eigenvalue weighted by molar-refractivity contribution is 0.589. The first-order chi connectivity index (χ1) is 9.55. The lowest BCUT2D eigenvalue weighted by Gasteiger charge is -2.28. The maximum atomic E-state index is 2.41. The van der Waals surface area contributed by atoms with E-state index in [0.717, 1.165) is 12.8 Å². The summed E-state index contributed by atoms with van der Waals surface area (Å²) < 4.78 is 0. The predicted octanol–water partition coefficient (Wildman–Crippen LogP) is 5.28. The third kappa shape index (κ3) is 1.54. The SMILES string of the molecule is CC(C)(C)c1cc2c3c(ccc4c3c1C=CC4)CC=C2. The van der Waals surface area contributed by atoms with Crippen molar-refractivity contribution in [1.82, 2.24) is 0 Å². The van der Waals surface area contributed by atoms with Gasteiger partial charge in [0.25, 0.3) is 0 Å². The molecule has 4 rings (SSSR count). The molecule has 0 unspecified atom stereocenters. The number of benzene rings is 2. The van der Waals surface area contributed by atoms with Crippen molar-refractivity contribution in [2.45, 2.75) is 39.0 Å². The van der Waals surface area contributed by atoms with Crippen LogP contribution in [0.25, 0.3) is 22.9 Å². The zero-order chi connectivity index (χ0) is 13.9. The number of hydrogen-bond donors (Lipinski definition) is 0. The van der Waals surface area contributed by atoms with Crippen molar-refractivity contribution < 1.29 is 0 Å². The summed E-state index contributed by atoms with van der Waals surface area (Å²) in [4.78, 5) is 0. The summed E-state index contributed by atoms with van der Waals surface area (Å²) in [5.41, 5.74) is 7.49. The molecule has 2 aromatic rings. The quantitative estimate of drug-likeness (QED) is 0.605. The highest BCUT2D eigenvalue weighted by molar-refractivity contribution is 6.04. The molecule has 20 heavy (non-hydrogen) atoms. The predicted molar refractivity (Wildman–Crippen MR) is 88.1 cm³/mol. The molecule has 100 valence electrons. The minimum absolute atomic E-state index is 0.181. The molecule has 0 aromatic heterocycles. The standard InChI is InChI=1S/C20H20/c1-20(2,3)17-12-15-8-4-6-13-10-11-14-7-5-9-16(17)19(14)18(13)15/h4-5,8-12H,6-7H2,1-3H3. The summed E-state index contributed by atoms with van der Waals surface area (Å²) in [7, 11) is 0. The van der Waals surface area contributed by atoms with Crippen LogP contribution in [0.1, 0.15) is 48.6 Å². The van der Waals surface area contributed by atoms with Gasteiger partial charge in [-0.15, -0.1) is 0 Å². The van der Waals surface area contributed by atoms with Gasteiger partial charge in [0.1, 0.15) is 0 Å². The topological polar surface area (TPSA) is 0 Å². The Morgan fingerprint density at radius 3 is 2.20 bits per heavy atom. The van der Waals surface area contributed by atoms with Crippen LogP contribution in [-0.4, -0.2) is 0 Å². The molecule has 0 nitrogen and oxygen atoms in total. The van der Waals surface area contributed by atoms with E-state index in [0.29, 0.717) is 0 Å². The molecule has 0 atom stereocenters. The molecular formula is C20H20. The monoisotopic (exact) mass is 260 g/mol. The van der Waals surface area contributed by atoms with Gasteiger partial charge in [-0.2, -0.15) is 0 Å². The van der Waals surface area contributed by atoms with E-state index in [9.17, 15) is 0 Å². The van der Waals surface area contributed by atoms with Gasteiger partial charge in [0.2, 0.25) is 0 Å². The summed E-state index contributed by atoms with van der Waals surface area (Å²) in [6.45, 7) is 6.95. The van der Waals surface area contributed by atoms with Crippen LogP contribution in [0.15, 0.2) is 30.4 Å². The van der Waals surface area contributed by atoms with Gasteiger partial charge in [-0.25, -0.2) is 0 Å². The zero-order valence-electron chi connectivity index (χ0n) is 12.5. The van der Waals surface area contributed by atoms with Crippen molar-refractivity contribution in [3.63, 3.8) is 0 Å². The second kappa shape index (κ2) is 3.85. The van der Waals surface area contributed by atoms with E-state index in [1.165, 1.54) is 38.6 Å². The highest BCUT2D eigenvalue weighted by atomic mass is 14.3. The maximum absolute atomic E-state index is 2.41. The Kier molecular flexibility index (Phi) is 2.30. The Labute approximate surface area is 120 Å². The molecule has 2 aliphatic carbocycles. The number of hydrogen-bond acceptors (Lipinski definition) is 0. The summed E-state index contributed by atoms with van der Waals surface area (Å²) in [5, 5.41) is 3.01. The molecule has 0 aliphatic heterocycles. The molecule has 0 spiro atoms. The number of allylic oxidation sites excluding steroid dienone is 2. The van der Waals surface area contributed by atoms with Crippen molar-refractivity contribution in [3.8, 4) is 0 Å². The third-order valence-electron chi connectivity index (χ3n) is 4.59. The van der Waals surface area contributed by atoms with Crippen LogP contribution < -0.4 is 0 Å². The first-order valence-corrected chi connectivity index (χ1v) is 7.51. The van der Waals surface area contributed by atoms with Gasteiger partial charge < -0.3 is 0 Å². The summed E-state index contributed by atoms with van der Waals surface area (Å²) in [5.74, 6) is 0. The number of rotatable bonds is 0. The molecule has 0 N–H and O–H groups in total. The van der Waals surface area contributed by atoms with E-state index in [-0.39, 0.29) is 5.41 Å². The molecular weight excluding hydrogens is 240 g/mol. The van der Waals surface area contributed by atoms with E-state index >= 15 is 0 Å². The molecule has 0 heterocycles. The fourth-order valence-corrected chi connectivity index (χ4v) is 3.65. The van der Waals surface area contributed by atoms with Crippen LogP contribution in [0.4, 0.5) is 0 Å². The molecule has 2 aliphatic rings. The average molecular weight is 260 g/mol. The zero-order valence-corrected chi connectivity index (χ0v) is 12.5. The van der Waals surface area contributed by atoms with Gasteiger partial charge in [0.15, 0.2) is 0 Å². The lowest BCUT2D eigenvalue weighted by Crippen LogP contribution is -2.15. The van der Waals surface area contributed by atoms with Gasteiger partial charge in [0, 0.05) is 0 Å². The average Bonchev–Trinajstić information content (AvgIpc) is 2.43. The molecule has 0 amide bonds. The normalized spacial score (nSPS) is 15.9. The minimum Gasteiger partial charge on any atom is -0.0795 e. The third-order valence-corrected chi connectivity index (χ3v) is 4.59. The van der Waals surface area contributed by atoms with Crippen LogP contribution in [-0.2, 0) is 18.3 Å². The maximum Gasteiger partial charge on any atom is -0.00644 e. The van der Waals surface area contributed by atoms with Crippen LogP contribution in [0.3, 0.4) is 0 Å². The summed E-state index contributed by atoms with van der Waals surface area (Å²) >= 11 is 0. The Morgan fingerprint density at radius 1 is 0.850 bits per heavy atom. The molecule has 0 fully saturated rings. The second-order valence-corrected chi connectivity index (χ2v) is 7.02. The summed E-state index contributed by atoms with van der Waals surface area (Å²) in [6.07, 6.45) is 11.4. The van der Waals surface area contributed by atoms with E-state index in [1.807, 2.05) is 0 Å². The van der Waals surface area contributed by atoms with Gasteiger partial charge in [-0.3, -0.25) is 0 Å². The molecule has 0 heteroatoms. The second-order valence-electron chi connectivity index (χ2n) is 7.02. The molecule has 0 saturated heterocycles. The molecule has 0 bridgehead atoms. The van der Waals surface area contributed by atoms with E-state index in [1.54, 1.807) is 0 Å². The highest BCUT2D eigenvalue weighted by Crippen LogP contribution is 2.41. The van der Waals surface area contributed by atoms with Crippen molar-refractivity contribution in [3.05, 3.63) is 58.2 Å². The van der Waals surface area contributed by atoms with Crippen LogP contribution in [0.5, 0.6) is 0 Å². The minimum atomic E-state index is 0.181. The van der Waals surface area contributed by atoms with E-state index in [2.05, 4.69) is 63.3 Å². The summed E-state index contributed by atoms with van der Waals surface area (Å²) in [6, 6.07) is 7.07. The fourth-order valence-electron chi connectivity index (χ4n) is 3.65. The largest absolute Gasteiger partial charge is 0.0795 e. The first kappa shape index (κ1) is 12.0.